The standard InChI is InChI=1S/C21H24N4O3/c1-15-3-2-4-16(11-15)13-24-7-9-25(10-8-24)21(27)22-17-5-6-18-19(12-17)28-14-20(26)23-18/h2-6,11-12H,7-10,13-14H2,1H3,(H,22,27)(H,23,26). The van der Waals surface area contributed by atoms with Gasteiger partial charge >= 0.3 is 6.03 Å². The van der Waals surface area contributed by atoms with Crippen LogP contribution in [-0.2, 0) is 11.3 Å². The number of nitrogens with zero attached hydrogens (tertiary/aromatic N) is 2. The van der Waals surface area contributed by atoms with Crippen LogP contribution >= 0.6 is 0 Å². The van der Waals surface area contributed by atoms with Gasteiger partial charge in [-0.3, -0.25) is 9.69 Å². The van der Waals surface area contributed by atoms with Crippen molar-refractivity contribution in [2.75, 3.05) is 43.4 Å². The molecule has 2 aromatic carbocycles. The van der Waals surface area contributed by atoms with Gasteiger partial charge in [-0.15, -0.1) is 0 Å². The summed E-state index contributed by atoms with van der Waals surface area (Å²) in [6.07, 6.45) is 0. The maximum absolute atomic E-state index is 12.6. The minimum absolute atomic E-state index is 0.00665. The molecule has 7 nitrogen and oxygen atoms in total. The van der Waals surface area contributed by atoms with E-state index in [9.17, 15) is 9.59 Å². The smallest absolute Gasteiger partial charge is 0.321 e. The van der Waals surface area contributed by atoms with E-state index in [4.69, 9.17) is 4.74 Å². The Morgan fingerprint density at radius 2 is 1.96 bits per heavy atom. The van der Waals surface area contributed by atoms with Crippen LogP contribution in [0.2, 0.25) is 0 Å². The topological polar surface area (TPSA) is 73.9 Å². The van der Waals surface area contributed by atoms with Gasteiger partial charge in [0.05, 0.1) is 5.69 Å². The molecule has 0 radical (unpaired) electrons. The highest BCUT2D eigenvalue weighted by atomic mass is 16.5. The minimum atomic E-state index is -0.173. The second kappa shape index (κ2) is 7.90. The van der Waals surface area contributed by atoms with Crippen LogP contribution in [0.4, 0.5) is 16.2 Å². The maximum atomic E-state index is 12.6. The van der Waals surface area contributed by atoms with Crippen LogP contribution in [0.5, 0.6) is 5.75 Å². The zero-order valence-corrected chi connectivity index (χ0v) is 15.9. The summed E-state index contributed by atoms with van der Waals surface area (Å²) >= 11 is 0. The number of aryl methyl sites for hydroxylation is 1. The number of rotatable bonds is 3. The van der Waals surface area contributed by atoms with Crippen molar-refractivity contribution < 1.29 is 14.3 Å². The van der Waals surface area contributed by atoms with Gasteiger partial charge in [-0.25, -0.2) is 4.79 Å². The molecule has 2 heterocycles. The molecule has 2 aromatic rings. The third-order valence-electron chi connectivity index (χ3n) is 5.01. The minimum Gasteiger partial charge on any atom is -0.482 e. The summed E-state index contributed by atoms with van der Waals surface area (Å²) in [5.41, 5.74) is 3.85. The van der Waals surface area contributed by atoms with E-state index in [-0.39, 0.29) is 18.5 Å². The van der Waals surface area contributed by atoms with Crippen molar-refractivity contribution in [3.63, 3.8) is 0 Å². The first kappa shape index (κ1) is 18.3. The van der Waals surface area contributed by atoms with Crippen molar-refractivity contribution in [2.24, 2.45) is 0 Å². The Morgan fingerprint density at radius 1 is 1.14 bits per heavy atom. The number of urea groups is 1. The molecule has 0 bridgehead atoms. The molecule has 3 amide bonds. The molecule has 4 rings (SSSR count). The van der Waals surface area contributed by atoms with Crippen molar-refractivity contribution in [3.05, 3.63) is 53.6 Å². The number of amides is 3. The van der Waals surface area contributed by atoms with Gasteiger partial charge in [0.2, 0.25) is 0 Å². The summed E-state index contributed by atoms with van der Waals surface area (Å²) in [5.74, 6) is 0.396. The number of carbonyl (C=O) groups is 2. The fourth-order valence-electron chi connectivity index (χ4n) is 3.53. The van der Waals surface area contributed by atoms with Crippen molar-refractivity contribution in [2.45, 2.75) is 13.5 Å². The molecular weight excluding hydrogens is 356 g/mol. The number of anilines is 2. The lowest BCUT2D eigenvalue weighted by Crippen LogP contribution is -2.49. The lowest BCUT2D eigenvalue weighted by atomic mass is 10.1. The first-order chi connectivity index (χ1) is 13.6. The molecule has 1 saturated heterocycles. The van der Waals surface area contributed by atoms with Crippen LogP contribution in [0.25, 0.3) is 0 Å². The quantitative estimate of drug-likeness (QED) is 0.859. The number of nitrogens with one attached hydrogen (secondary N) is 2. The van der Waals surface area contributed by atoms with E-state index in [2.05, 4.69) is 46.7 Å². The van der Waals surface area contributed by atoms with Crippen molar-refractivity contribution in [1.29, 1.82) is 0 Å². The predicted octanol–water partition coefficient (Wildman–Crippen LogP) is 2.68. The molecular formula is C21H24N4O3. The van der Waals surface area contributed by atoms with Crippen LogP contribution in [0.15, 0.2) is 42.5 Å². The Labute approximate surface area is 164 Å². The van der Waals surface area contributed by atoms with Gasteiger partial charge in [0.1, 0.15) is 5.75 Å². The Balaban J connectivity index is 1.30. The van der Waals surface area contributed by atoms with Crippen molar-refractivity contribution >= 4 is 23.3 Å². The monoisotopic (exact) mass is 380 g/mol. The van der Waals surface area contributed by atoms with E-state index in [1.165, 1.54) is 11.1 Å². The fraction of sp³-hybridized carbons (Fsp3) is 0.333. The number of hydrogen-bond acceptors (Lipinski definition) is 4. The van der Waals surface area contributed by atoms with E-state index in [1.54, 1.807) is 18.2 Å². The summed E-state index contributed by atoms with van der Waals surface area (Å²) in [6, 6.07) is 13.7. The van der Waals surface area contributed by atoms with Crippen molar-refractivity contribution in [3.8, 4) is 5.75 Å². The molecule has 7 heteroatoms. The van der Waals surface area contributed by atoms with Crippen LogP contribution in [-0.4, -0.2) is 54.5 Å². The molecule has 0 atom stereocenters. The van der Waals surface area contributed by atoms with Gasteiger partial charge in [0, 0.05) is 44.5 Å². The first-order valence-corrected chi connectivity index (χ1v) is 9.47. The zero-order chi connectivity index (χ0) is 19.5. The highest BCUT2D eigenvalue weighted by Gasteiger charge is 2.22. The number of hydrogen-bond donors (Lipinski definition) is 2. The Hall–Kier alpha value is -3.06. The van der Waals surface area contributed by atoms with Crippen LogP contribution in [0, 0.1) is 6.92 Å². The molecule has 0 unspecified atom stereocenters. The third kappa shape index (κ3) is 4.26. The summed E-state index contributed by atoms with van der Waals surface area (Å²) in [7, 11) is 0. The first-order valence-electron chi connectivity index (χ1n) is 9.47. The van der Waals surface area contributed by atoms with Crippen molar-refractivity contribution in [1.82, 2.24) is 9.80 Å². The average Bonchev–Trinajstić information content (AvgIpc) is 2.69. The SMILES string of the molecule is Cc1cccc(CN2CCN(C(=O)Nc3ccc4c(c3)OCC(=O)N4)CC2)c1. The van der Waals surface area contributed by atoms with E-state index in [0.29, 0.717) is 30.2 Å². The second-order valence-corrected chi connectivity index (χ2v) is 7.23. The van der Waals surface area contributed by atoms with Gasteiger partial charge in [-0.1, -0.05) is 29.8 Å². The zero-order valence-electron chi connectivity index (χ0n) is 15.9. The lowest BCUT2D eigenvalue weighted by molar-refractivity contribution is -0.118. The van der Waals surface area contributed by atoms with Gasteiger partial charge in [-0.2, -0.15) is 0 Å². The normalized spacial score (nSPS) is 16.8. The van der Waals surface area contributed by atoms with E-state index in [1.807, 2.05) is 4.90 Å². The van der Waals surface area contributed by atoms with E-state index >= 15 is 0 Å². The van der Waals surface area contributed by atoms with Crippen LogP contribution < -0.4 is 15.4 Å². The van der Waals surface area contributed by atoms with Gasteiger partial charge in [0.15, 0.2) is 6.61 Å². The summed E-state index contributed by atoms with van der Waals surface area (Å²) in [4.78, 5) is 28.1. The number of benzene rings is 2. The maximum Gasteiger partial charge on any atom is 0.321 e. The molecule has 0 aromatic heterocycles. The Bertz CT molecular complexity index is 891. The molecule has 146 valence electrons. The predicted molar refractivity (Wildman–Crippen MR) is 108 cm³/mol. The average molecular weight is 380 g/mol. The number of piperazine rings is 1. The summed E-state index contributed by atoms with van der Waals surface area (Å²) in [6.45, 7) is 6.08. The number of carbonyl (C=O) groups excluding carboxylic acids is 2. The second-order valence-electron chi connectivity index (χ2n) is 7.23. The molecule has 28 heavy (non-hydrogen) atoms. The molecule has 2 aliphatic heterocycles. The largest absolute Gasteiger partial charge is 0.482 e. The third-order valence-corrected chi connectivity index (χ3v) is 5.01. The molecule has 2 N–H and O–H groups in total. The Kier molecular flexibility index (Phi) is 5.16. The molecule has 2 aliphatic rings. The number of fused-ring (bicyclic) bond motifs is 1. The summed E-state index contributed by atoms with van der Waals surface area (Å²) in [5, 5.41) is 5.66. The fourth-order valence-corrected chi connectivity index (χ4v) is 3.53. The van der Waals surface area contributed by atoms with Gasteiger partial charge < -0.3 is 20.3 Å². The highest BCUT2D eigenvalue weighted by molar-refractivity contribution is 5.96. The summed E-state index contributed by atoms with van der Waals surface area (Å²) < 4.78 is 5.40. The Morgan fingerprint density at radius 3 is 2.75 bits per heavy atom. The lowest BCUT2D eigenvalue weighted by Gasteiger charge is -2.34. The van der Waals surface area contributed by atoms with Gasteiger partial charge in [-0.05, 0) is 24.6 Å². The number of ether oxygens (including phenoxy) is 1. The van der Waals surface area contributed by atoms with E-state index < -0.39 is 0 Å². The highest BCUT2D eigenvalue weighted by Crippen LogP contribution is 2.30. The van der Waals surface area contributed by atoms with E-state index in [0.717, 1.165) is 19.6 Å². The molecule has 0 spiro atoms. The van der Waals surface area contributed by atoms with Crippen LogP contribution in [0.1, 0.15) is 11.1 Å². The van der Waals surface area contributed by atoms with Crippen LogP contribution in [0.3, 0.4) is 0 Å². The molecule has 0 saturated carbocycles. The molecule has 0 aliphatic carbocycles. The van der Waals surface area contributed by atoms with Gasteiger partial charge in [0.25, 0.3) is 5.91 Å². The molecule has 1 fully saturated rings.